The van der Waals surface area contributed by atoms with Crippen LogP contribution in [0.2, 0.25) is 0 Å². The van der Waals surface area contributed by atoms with E-state index in [4.69, 9.17) is 0 Å². The van der Waals surface area contributed by atoms with Crippen molar-refractivity contribution < 1.29 is 53.1 Å². The van der Waals surface area contributed by atoms with Gasteiger partial charge in [0.25, 0.3) is 0 Å². The highest BCUT2D eigenvalue weighted by Crippen LogP contribution is 2.69. The lowest BCUT2D eigenvalue weighted by atomic mass is 9.56. The number of aliphatic hydroxyl groups is 2. The molecule has 9 aliphatic rings. The molecule has 4 bridgehead atoms. The summed E-state index contributed by atoms with van der Waals surface area (Å²) >= 11 is 0. The molecule has 10 atom stereocenters. The van der Waals surface area contributed by atoms with Crippen LogP contribution in [-0.2, 0) is 10.8 Å². The molecule has 11 rings (SSSR count). The van der Waals surface area contributed by atoms with Gasteiger partial charge in [-0.25, -0.2) is 0 Å². The van der Waals surface area contributed by atoms with Gasteiger partial charge >= 0.3 is 0 Å². The van der Waals surface area contributed by atoms with Gasteiger partial charge in [0.05, 0.1) is 62.3 Å². The molecule has 2 saturated carbocycles. The fraction of sp³-hybridized carbons (Fsp3) is 0.455. The van der Waals surface area contributed by atoms with E-state index in [1.807, 2.05) is 0 Å². The molecule has 0 amide bonds. The minimum atomic E-state index is 0. The fourth-order valence-electron chi connectivity index (χ4n) is 14.6. The Labute approximate surface area is 329 Å². The number of rotatable bonds is 6. The lowest BCUT2D eigenvalue weighted by Crippen LogP contribution is -3.00. The molecule has 2 aromatic carbocycles. The topological polar surface area (TPSA) is 46.9 Å². The van der Waals surface area contributed by atoms with Crippen molar-refractivity contribution in [2.45, 2.75) is 60.7 Å². The zero-order chi connectivity index (χ0) is 33.6. The molecule has 6 nitrogen and oxygen atoms in total. The van der Waals surface area contributed by atoms with Crippen LogP contribution in [0, 0.1) is 11.8 Å². The molecule has 2 spiro atoms. The Kier molecular flexibility index (Phi) is 8.00. The van der Waals surface area contributed by atoms with E-state index in [9.17, 15) is 10.2 Å². The summed E-state index contributed by atoms with van der Waals surface area (Å²) in [6.45, 7) is 15.0. The summed E-state index contributed by atoms with van der Waals surface area (Å²) in [6, 6.07) is 20.3. The predicted octanol–water partition coefficient (Wildman–Crippen LogP) is -0.516. The number of piperidine rings is 2. The lowest BCUT2D eigenvalue weighted by molar-refractivity contribution is -0.937. The first kappa shape index (κ1) is 35.0. The van der Waals surface area contributed by atoms with Gasteiger partial charge in [-0.2, -0.15) is 0 Å². The first-order chi connectivity index (χ1) is 24.5. The summed E-state index contributed by atoms with van der Waals surface area (Å²) < 4.78 is 2.12. The first-order valence-electron chi connectivity index (χ1n) is 19.2. The van der Waals surface area contributed by atoms with E-state index >= 15 is 0 Å². The molecule has 2 N–H and O–H groups in total. The maximum absolute atomic E-state index is 10.5. The van der Waals surface area contributed by atoms with Crippen molar-refractivity contribution in [2.24, 2.45) is 11.8 Å². The van der Waals surface area contributed by atoms with Gasteiger partial charge in [-0.15, -0.1) is 0 Å². The summed E-state index contributed by atoms with van der Waals surface area (Å²) in [5.74, 6) is 0.615. The van der Waals surface area contributed by atoms with Crippen molar-refractivity contribution >= 4 is 11.4 Å². The third-order valence-electron chi connectivity index (χ3n) is 15.9. The molecule has 52 heavy (non-hydrogen) atoms. The van der Waals surface area contributed by atoms with Crippen LogP contribution in [0.1, 0.15) is 36.8 Å². The molecule has 7 heterocycles. The number of hydrogen-bond donors (Lipinski definition) is 2. The van der Waals surface area contributed by atoms with E-state index < -0.39 is 0 Å². The molecular formula is C44H50Br2N4O2. The van der Waals surface area contributed by atoms with E-state index in [-0.39, 0.29) is 70.1 Å². The molecule has 4 saturated heterocycles. The number of halogens is 2. The Hall–Kier alpha value is -2.72. The van der Waals surface area contributed by atoms with Crippen molar-refractivity contribution in [3.63, 3.8) is 0 Å². The van der Waals surface area contributed by atoms with Crippen LogP contribution >= 0.6 is 0 Å². The van der Waals surface area contributed by atoms with E-state index in [1.165, 1.54) is 33.6 Å². The van der Waals surface area contributed by atoms with Crippen molar-refractivity contribution in [1.29, 1.82) is 0 Å². The molecule has 272 valence electrons. The van der Waals surface area contributed by atoms with Gasteiger partial charge in [-0.1, -0.05) is 61.7 Å². The number of fused-ring (bicyclic) bond motifs is 8. The monoisotopic (exact) mass is 824 g/mol. The van der Waals surface area contributed by atoms with Gasteiger partial charge in [0.15, 0.2) is 0 Å². The molecule has 2 aliphatic carbocycles. The molecule has 8 heteroatoms. The maximum Gasteiger partial charge on any atom is 0.103 e. The van der Waals surface area contributed by atoms with Gasteiger partial charge < -0.3 is 62.9 Å². The standard InChI is InChI=1S/C44H50N4O2.2BrH/c1-3-17-47-19-15-43-35-9-5-7-11-37(35)45-26-34-32-24-40-44(16-20-48(40,18-4-2)28-30(32)14-22-50)36-10-6-8-12-38(36)46(42(34)44)25-33(41(43)45)31(23-39(43)47)29(27-47)13-21-49;;/h3-14,25-26,31-32,39-42,49-50H,1-2,15-24,27-28H2;2*1H/q+2;;/p-2. The highest BCUT2D eigenvalue weighted by Gasteiger charge is 2.75. The number of aliphatic hydroxyl groups excluding tert-OH is 2. The second kappa shape index (κ2) is 11.9. The van der Waals surface area contributed by atoms with Gasteiger partial charge in [0.2, 0.25) is 0 Å². The van der Waals surface area contributed by atoms with Crippen molar-refractivity contribution in [3.8, 4) is 0 Å². The van der Waals surface area contributed by atoms with Crippen LogP contribution in [-0.4, -0.2) is 95.8 Å². The van der Waals surface area contributed by atoms with Gasteiger partial charge in [0.1, 0.15) is 25.2 Å². The summed E-state index contributed by atoms with van der Waals surface area (Å²) in [5, 5.41) is 20.9. The lowest BCUT2D eigenvalue weighted by Gasteiger charge is -2.59. The van der Waals surface area contributed by atoms with E-state index in [2.05, 4.69) is 108 Å². The van der Waals surface area contributed by atoms with Crippen molar-refractivity contribution in [3.05, 3.63) is 132 Å². The third-order valence-corrected chi connectivity index (χ3v) is 15.9. The Morgan fingerprint density at radius 1 is 0.673 bits per heavy atom. The molecule has 10 unspecified atom stereocenters. The number of hydrogen-bond acceptors (Lipinski definition) is 4. The number of quaternary nitrogens is 2. The van der Waals surface area contributed by atoms with Crippen molar-refractivity contribution in [1.82, 2.24) is 0 Å². The zero-order valence-electron chi connectivity index (χ0n) is 29.9. The highest BCUT2D eigenvalue weighted by atomic mass is 79.9. The summed E-state index contributed by atoms with van der Waals surface area (Å²) in [6.07, 6.45) is 18.6. The van der Waals surface area contributed by atoms with E-state index in [0.29, 0.717) is 23.9 Å². The summed E-state index contributed by atoms with van der Waals surface area (Å²) in [5.41, 5.74) is 11.8. The van der Waals surface area contributed by atoms with Gasteiger partial charge in [-0.05, 0) is 57.7 Å². The predicted molar refractivity (Wildman–Crippen MR) is 198 cm³/mol. The number of nitrogens with zero attached hydrogens (tertiary/aromatic N) is 4. The van der Waals surface area contributed by atoms with Gasteiger partial charge in [-0.3, -0.25) is 0 Å². The number of benzene rings is 2. The van der Waals surface area contributed by atoms with Crippen LogP contribution in [0.3, 0.4) is 0 Å². The largest absolute Gasteiger partial charge is 1.00 e. The molecule has 0 aromatic heterocycles. The van der Waals surface area contributed by atoms with Gasteiger partial charge in [0, 0.05) is 61.3 Å². The van der Waals surface area contributed by atoms with E-state index in [1.54, 1.807) is 11.1 Å². The Bertz CT molecular complexity index is 1860. The third kappa shape index (κ3) is 3.89. The highest BCUT2D eigenvalue weighted by molar-refractivity contribution is 5.77. The quantitative estimate of drug-likeness (QED) is 0.305. The number of para-hydroxylation sites is 2. The van der Waals surface area contributed by atoms with Crippen LogP contribution in [0.15, 0.2) is 121 Å². The minimum absolute atomic E-state index is 0. The van der Waals surface area contributed by atoms with Crippen LogP contribution < -0.4 is 43.8 Å². The maximum atomic E-state index is 10.5. The smallest absolute Gasteiger partial charge is 0.103 e. The Morgan fingerprint density at radius 2 is 1.10 bits per heavy atom. The summed E-state index contributed by atoms with van der Waals surface area (Å²) in [4.78, 5) is 5.54. The van der Waals surface area contributed by atoms with Crippen LogP contribution in [0.5, 0.6) is 0 Å². The first-order valence-corrected chi connectivity index (χ1v) is 19.2. The molecule has 6 fully saturated rings. The average molecular weight is 827 g/mol. The second-order valence-electron chi connectivity index (χ2n) is 17.2. The van der Waals surface area contributed by atoms with E-state index in [0.717, 1.165) is 73.9 Å². The second-order valence-corrected chi connectivity index (χ2v) is 17.2. The van der Waals surface area contributed by atoms with Crippen LogP contribution in [0.25, 0.3) is 0 Å². The Morgan fingerprint density at radius 3 is 1.50 bits per heavy atom. The average Bonchev–Trinajstić information content (AvgIpc) is 3.81. The SMILES string of the molecule is C=CC[N+]12CCC34c5ccccc5N5C=C6C7CC8C9(CC[N+]8(CC=C)CC7=CCO)c7ccccc7N(C=C(C(CC31)C(=CCO)C2)C54)C69.[Br-].[Br-]. The molecular weight excluding hydrogens is 776 g/mol. The van der Waals surface area contributed by atoms with Crippen LogP contribution in [0.4, 0.5) is 11.4 Å². The minimum Gasteiger partial charge on any atom is -1.00 e. The molecule has 0 radical (unpaired) electrons. The fourth-order valence-corrected chi connectivity index (χ4v) is 14.6. The molecule has 7 aliphatic heterocycles. The van der Waals surface area contributed by atoms with Crippen molar-refractivity contribution in [2.75, 3.05) is 62.3 Å². The normalized spacial score (nSPS) is 41.7. The zero-order valence-corrected chi connectivity index (χ0v) is 33.1. The number of anilines is 2. The molecule has 2 aromatic rings. The summed E-state index contributed by atoms with van der Waals surface area (Å²) in [7, 11) is 0. The Balaban J connectivity index is 0.00000180.